The summed E-state index contributed by atoms with van der Waals surface area (Å²) < 4.78 is 28.0. The van der Waals surface area contributed by atoms with Crippen molar-refractivity contribution < 1.29 is 17.9 Å². The Morgan fingerprint density at radius 2 is 2.14 bits per heavy atom. The molecule has 1 aliphatic carbocycles. The Morgan fingerprint density at radius 1 is 1.48 bits per heavy atom. The number of ether oxygens (including phenoxy) is 1. The summed E-state index contributed by atoms with van der Waals surface area (Å²) in [6.07, 6.45) is 2.91. The van der Waals surface area contributed by atoms with E-state index in [1.54, 1.807) is 7.11 Å². The molecule has 0 atom stereocenters. The van der Waals surface area contributed by atoms with Gasteiger partial charge >= 0.3 is 0 Å². The van der Waals surface area contributed by atoms with Gasteiger partial charge in [0.15, 0.2) is 0 Å². The normalized spacial score (nSPS) is 17.1. The van der Waals surface area contributed by atoms with Gasteiger partial charge in [0.05, 0.1) is 27.6 Å². The standard InChI is InChI=1S/C13H17ClN2O4S/c1-20-13(5-2-6-13)8-12(17)16-11-7-9(21(15,18)19)3-4-10(11)14/h3-4,7H,2,5-6,8H2,1H3,(H,16,17)(H2,15,18,19). The predicted octanol–water partition coefficient (Wildman–Crippen LogP) is 1.89. The van der Waals surface area contributed by atoms with Gasteiger partial charge in [-0.3, -0.25) is 4.79 Å². The summed E-state index contributed by atoms with van der Waals surface area (Å²) in [4.78, 5) is 12.0. The third-order valence-corrected chi connectivity index (χ3v) is 4.96. The van der Waals surface area contributed by atoms with Crippen molar-refractivity contribution in [3.63, 3.8) is 0 Å². The minimum atomic E-state index is -3.85. The van der Waals surface area contributed by atoms with Crippen LogP contribution in [0.1, 0.15) is 25.7 Å². The van der Waals surface area contributed by atoms with Crippen LogP contribution in [0, 0.1) is 0 Å². The lowest BCUT2D eigenvalue weighted by atomic mass is 9.77. The quantitative estimate of drug-likeness (QED) is 0.860. The number of nitrogens with two attached hydrogens (primary N) is 1. The molecule has 116 valence electrons. The summed E-state index contributed by atoms with van der Waals surface area (Å²) in [5, 5.41) is 7.91. The highest BCUT2D eigenvalue weighted by molar-refractivity contribution is 7.89. The molecule has 8 heteroatoms. The number of amides is 1. The van der Waals surface area contributed by atoms with Crippen LogP contribution in [-0.2, 0) is 19.6 Å². The molecule has 3 N–H and O–H groups in total. The Hall–Kier alpha value is -1.15. The zero-order chi connectivity index (χ0) is 15.7. The fourth-order valence-corrected chi connectivity index (χ4v) is 2.99. The largest absolute Gasteiger partial charge is 0.378 e. The van der Waals surface area contributed by atoms with Crippen molar-refractivity contribution in [2.45, 2.75) is 36.2 Å². The number of hydrogen-bond acceptors (Lipinski definition) is 4. The van der Waals surface area contributed by atoms with E-state index in [2.05, 4.69) is 5.32 Å². The van der Waals surface area contributed by atoms with E-state index in [0.29, 0.717) is 0 Å². The highest BCUT2D eigenvalue weighted by Crippen LogP contribution is 2.38. The van der Waals surface area contributed by atoms with Gasteiger partial charge < -0.3 is 10.1 Å². The molecule has 1 amide bonds. The molecule has 0 aromatic heterocycles. The summed E-state index contributed by atoms with van der Waals surface area (Å²) in [6.45, 7) is 0. The summed E-state index contributed by atoms with van der Waals surface area (Å²) in [6, 6.07) is 3.91. The second-order valence-electron chi connectivity index (χ2n) is 5.15. The van der Waals surface area contributed by atoms with Gasteiger partial charge in [-0.25, -0.2) is 13.6 Å². The van der Waals surface area contributed by atoms with Crippen molar-refractivity contribution in [1.29, 1.82) is 0 Å². The van der Waals surface area contributed by atoms with E-state index in [0.717, 1.165) is 19.3 Å². The molecule has 0 radical (unpaired) electrons. The van der Waals surface area contributed by atoms with Crippen LogP contribution in [0.2, 0.25) is 5.02 Å². The molecule has 0 unspecified atom stereocenters. The molecule has 1 aromatic rings. The Morgan fingerprint density at radius 3 is 2.62 bits per heavy atom. The molecule has 1 aliphatic rings. The van der Waals surface area contributed by atoms with Crippen LogP contribution in [-0.4, -0.2) is 27.0 Å². The molecule has 1 aromatic carbocycles. The fraction of sp³-hybridized carbons (Fsp3) is 0.462. The number of benzene rings is 1. The number of anilines is 1. The first-order chi connectivity index (χ1) is 9.76. The predicted molar refractivity (Wildman–Crippen MR) is 79.7 cm³/mol. The molecule has 1 saturated carbocycles. The van der Waals surface area contributed by atoms with Crippen LogP contribution in [0.4, 0.5) is 5.69 Å². The molecule has 0 spiro atoms. The molecular formula is C13H17ClN2O4S. The first-order valence-corrected chi connectivity index (χ1v) is 8.36. The van der Waals surface area contributed by atoms with E-state index in [1.165, 1.54) is 18.2 Å². The molecule has 0 heterocycles. The second-order valence-corrected chi connectivity index (χ2v) is 7.12. The molecule has 2 rings (SSSR count). The van der Waals surface area contributed by atoms with E-state index in [-0.39, 0.29) is 27.9 Å². The molecule has 0 bridgehead atoms. The first-order valence-electron chi connectivity index (χ1n) is 6.43. The minimum absolute atomic E-state index is 0.104. The number of primary sulfonamides is 1. The average molecular weight is 333 g/mol. The van der Waals surface area contributed by atoms with E-state index < -0.39 is 15.6 Å². The van der Waals surface area contributed by atoms with Crippen molar-refractivity contribution in [3.05, 3.63) is 23.2 Å². The highest BCUT2D eigenvalue weighted by Gasteiger charge is 2.39. The number of nitrogens with one attached hydrogen (secondary N) is 1. The van der Waals surface area contributed by atoms with Gasteiger partial charge in [-0.05, 0) is 37.5 Å². The Kier molecular flexibility index (Phi) is 4.57. The third-order valence-electron chi connectivity index (χ3n) is 3.72. The van der Waals surface area contributed by atoms with Gasteiger partial charge in [-0.15, -0.1) is 0 Å². The zero-order valence-corrected chi connectivity index (χ0v) is 13.1. The lowest BCUT2D eigenvalue weighted by Crippen LogP contribution is -2.42. The van der Waals surface area contributed by atoms with Crippen molar-refractivity contribution in [3.8, 4) is 0 Å². The maximum atomic E-state index is 12.1. The summed E-state index contributed by atoms with van der Waals surface area (Å²) in [5.41, 5.74) is -0.188. The first kappa shape index (κ1) is 16.2. The SMILES string of the molecule is COC1(CC(=O)Nc2cc(S(N)(=O)=O)ccc2Cl)CCC1. The van der Waals surface area contributed by atoms with Gasteiger partial charge in [0.25, 0.3) is 0 Å². The van der Waals surface area contributed by atoms with Crippen LogP contribution in [0.5, 0.6) is 0 Å². The Bertz CT molecular complexity index is 651. The number of rotatable bonds is 5. The maximum absolute atomic E-state index is 12.1. The number of halogens is 1. The molecule has 0 aliphatic heterocycles. The van der Waals surface area contributed by atoms with Crippen LogP contribution in [0.15, 0.2) is 23.1 Å². The molecule has 1 fully saturated rings. The number of carbonyl (C=O) groups is 1. The summed E-state index contributed by atoms with van der Waals surface area (Å²) in [7, 11) is -2.26. The highest BCUT2D eigenvalue weighted by atomic mass is 35.5. The van der Waals surface area contributed by atoms with Gasteiger partial charge in [-0.2, -0.15) is 0 Å². The van der Waals surface area contributed by atoms with Gasteiger partial charge in [-0.1, -0.05) is 11.6 Å². The average Bonchev–Trinajstić information content (AvgIpc) is 2.35. The maximum Gasteiger partial charge on any atom is 0.238 e. The van der Waals surface area contributed by atoms with E-state index in [4.69, 9.17) is 21.5 Å². The van der Waals surface area contributed by atoms with Crippen LogP contribution in [0.25, 0.3) is 0 Å². The zero-order valence-electron chi connectivity index (χ0n) is 11.6. The van der Waals surface area contributed by atoms with Crippen molar-refractivity contribution in [2.24, 2.45) is 5.14 Å². The molecule has 6 nitrogen and oxygen atoms in total. The molecule has 21 heavy (non-hydrogen) atoms. The summed E-state index contributed by atoms with van der Waals surface area (Å²) in [5.74, 6) is -0.273. The van der Waals surface area contributed by atoms with Crippen molar-refractivity contribution >= 4 is 33.2 Å². The third kappa shape index (κ3) is 3.74. The van der Waals surface area contributed by atoms with Crippen LogP contribution < -0.4 is 10.5 Å². The number of carbonyl (C=O) groups excluding carboxylic acids is 1. The Labute approximate surface area is 128 Å². The monoisotopic (exact) mass is 332 g/mol. The number of methoxy groups -OCH3 is 1. The topological polar surface area (TPSA) is 98.5 Å². The van der Waals surface area contributed by atoms with Crippen LogP contribution in [0.3, 0.4) is 0 Å². The van der Waals surface area contributed by atoms with Gasteiger partial charge in [0.2, 0.25) is 15.9 Å². The van der Waals surface area contributed by atoms with Gasteiger partial charge in [0.1, 0.15) is 0 Å². The van der Waals surface area contributed by atoms with E-state index >= 15 is 0 Å². The molecule has 0 saturated heterocycles. The number of hydrogen-bond donors (Lipinski definition) is 2. The molecular weight excluding hydrogens is 316 g/mol. The lowest BCUT2D eigenvalue weighted by molar-refractivity contribution is -0.129. The smallest absolute Gasteiger partial charge is 0.238 e. The van der Waals surface area contributed by atoms with E-state index in [1.807, 2.05) is 0 Å². The second kappa shape index (κ2) is 5.92. The minimum Gasteiger partial charge on any atom is -0.378 e. The van der Waals surface area contributed by atoms with Crippen LogP contribution >= 0.6 is 11.6 Å². The van der Waals surface area contributed by atoms with Crippen molar-refractivity contribution in [1.82, 2.24) is 0 Å². The van der Waals surface area contributed by atoms with E-state index in [9.17, 15) is 13.2 Å². The number of sulfonamides is 1. The Balaban J connectivity index is 2.13. The van der Waals surface area contributed by atoms with Gasteiger partial charge in [0, 0.05) is 7.11 Å². The lowest BCUT2D eigenvalue weighted by Gasteiger charge is -2.39. The summed E-state index contributed by atoms with van der Waals surface area (Å²) >= 11 is 5.96. The fourth-order valence-electron chi connectivity index (χ4n) is 2.29. The van der Waals surface area contributed by atoms with Crippen molar-refractivity contribution in [2.75, 3.05) is 12.4 Å².